The van der Waals surface area contributed by atoms with Gasteiger partial charge >= 0.3 is 5.97 Å². The van der Waals surface area contributed by atoms with Gasteiger partial charge in [0, 0.05) is 12.1 Å². The largest absolute Gasteiger partial charge is 0.481 e. The summed E-state index contributed by atoms with van der Waals surface area (Å²) < 4.78 is 13.0. The number of rotatable bonds is 5. The molecule has 1 amide bonds. The minimum absolute atomic E-state index is 0.0186. The average molecular weight is 305 g/mol. The Balaban J connectivity index is 2.17. The fraction of sp³-hybridized carbons (Fsp3) is 0.267. The van der Waals surface area contributed by atoms with Crippen LogP contribution >= 0.6 is 0 Å². The smallest absolute Gasteiger partial charge is 0.310 e. The van der Waals surface area contributed by atoms with Crippen LogP contribution in [0.2, 0.25) is 0 Å². The highest BCUT2D eigenvalue weighted by Gasteiger charge is 2.28. The van der Waals surface area contributed by atoms with E-state index in [1.807, 2.05) is 0 Å². The van der Waals surface area contributed by atoms with E-state index in [9.17, 15) is 14.0 Å². The zero-order chi connectivity index (χ0) is 16.3. The van der Waals surface area contributed by atoms with E-state index in [4.69, 9.17) is 5.11 Å². The molecule has 0 spiro atoms. The number of carbonyl (C=O) groups is 2. The molecule has 1 aromatic heterocycles. The molecule has 6 nitrogen and oxygen atoms in total. The summed E-state index contributed by atoms with van der Waals surface area (Å²) in [7, 11) is 0. The molecule has 1 heterocycles. The van der Waals surface area contributed by atoms with Crippen molar-refractivity contribution < 1.29 is 19.1 Å². The predicted molar refractivity (Wildman–Crippen MR) is 77.7 cm³/mol. The number of hydrogen-bond acceptors (Lipinski definition) is 3. The second kappa shape index (κ2) is 5.97. The molecule has 0 saturated heterocycles. The molecule has 2 aromatic rings. The minimum Gasteiger partial charge on any atom is -0.481 e. The van der Waals surface area contributed by atoms with Crippen LogP contribution in [0.25, 0.3) is 11.3 Å². The third kappa shape index (κ3) is 3.30. The molecule has 0 aliphatic rings. The van der Waals surface area contributed by atoms with E-state index in [1.165, 1.54) is 44.3 Å². The second-order valence-corrected chi connectivity index (χ2v) is 5.54. The maximum Gasteiger partial charge on any atom is 0.310 e. The summed E-state index contributed by atoms with van der Waals surface area (Å²) in [5.41, 5.74) is 0.259. The highest BCUT2D eigenvalue weighted by Crippen LogP contribution is 2.21. The van der Waals surface area contributed by atoms with Gasteiger partial charge in [-0.1, -0.05) is 0 Å². The Bertz CT molecular complexity index is 692. The van der Waals surface area contributed by atoms with Crippen LogP contribution in [0.3, 0.4) is 0 Å². The average Bonchev–Trinajstić information content (AvgIpc) is 2.95. The van der Waals surface area contributed by atoms with Crippen molar-refractivity contribution in [2.75, 3.05) is 6.54 Å². The molecule has 0 radical (unpaired) electrons. The molecular formula is C15H16FN3O3. The van der Waals surface area contributed by atoms with Crippen molar-refractivity contribution in [3.05, 3.63) is 41.8 Å². The number of aromatic nitrogens is 2. The van der Waals surface area contributed by atoms with E-state index < -0.39 is 17.3 Å². The van der Waals surface area contributed by atoms with Gasteiger partial charge in [-0.3, -0.25) is 14.7 Å². The van der Waals surface area contributed by atoms with Gasteiger partial charge in [-0.15, -0.1) is 0 Å². The highest BCUT2D eigenvalue weighted by atomic mass is 19.1. The normalized spacial score (nSPS) is 11.2. The van der Waals surface area contributed by atoms with Crippen LogP contribution in [-0.4, -0.2) is 33.7 Å². The lowest BCUT2D eigenvalue weighted by Crippen LogP contribution is -2.38. The Morgan fingerprint density at radius 3 is 2.55 bits per heavy atom. The highest BCUT2D eigenvalue weighted by molar-refractivity contribution is 5.99. The first-order valence-corrected chi connectivity index (χ1v) is 6.62. The number of aliphatic carboxylic acids is 1. The molecule has 0 unspecified atom stereocenters. The van der Waals surface area contributed by atoms with Gasteiger partial charge in [-0.2, -0.15) is 5.10 Å². The SMILES string of the molecule is CC(C)(CNC(=O)c1cn[nH]c1-c1ccc(F)cc1)C(=O)O. The molecule has 7 heteroatoms. The molecule has 0 fully saturated rings. The van der Waals surface area contributed by atoms with Gasteiger partial charge in [0.15, 0.2) is 0 Å². The number of nitrogens with one attached hydrogen (secondary N) is 2. The summed E-state index contributed by atoms with van der Waals surface area (Å²) in [6, 6.07) is 5.62. The zero-order valence-corrected chi connectivity index (χ0v) is 12.2. The minimum atomic E-state index is -1.07. The van der Waals surface area contributed by atoms with E-state index in [0.29, 0.717) is 11.3 Å². The van der Waals surface area contributed by atoms with Crippen LogP contribution in [-0.2, 0) is 4.79 Å². The number of carbonyl (C=O) groups excluding carboxylic acids is 1. The summed E-state index contributed by atoms with van der Waals surface area (Å²) in [6.07, 6.45) is 1.35. The number of amides is 1. The lowest BCUT2D eigenvalue weighted by molar-refractivity contribution is -0.146. The molecule has 3 N–H and O–H groups in total. The fourth-order valence-electron chi connectivity index (χ4n) is 1.77. The molecular weight excluding hydrogens is 289 g/mol. The molecule has 0 bridgehead atoms. The van der Waals surface area contributed by atoms with Crippen molar-refractivity contribution in [3.8, 4) is 11.3 Å². The summed E-state index contributed by atoms with van der Waals surface area (Å²) in [5, 5.41) is 18.1. The predicted octanol–water partition coefficient (Wildman–Crippen LogP) is 2.06. The van der Waals surface area contributed by atoms with Crippen molar-refractivity contribution in [1.82, 2.24) is 15.5 Å². The van der Waals surface area contributed by atoms with Gasteiger partial charge in [-0.25, -0.2) is 4.39 Å². The van der Waals surface area contributed by atoms with Gasteiger partial charge in [0.1, 0.15) is 5.82 Å². The summed E-state index contributed by atoms with van der Waals surface area (Å²) in [4.78, 5) is 23.2. The van der Waals surface area contributed by atoms with Gasteiger partial charge in [0.05, 0.1) is 22.9 Å². The number of nitrogens with zero attached hydrogens (tertiary/aromatic N) is 1. The zero-order valence-electron chi connectivity index (χ0n) is 12.2. The Kier molecular flexibility index (Phi) is 4.25. The third-order valence-corrected chi connectivity index (χ3v) is 3.29. The van der Waals surface area contributed by atoms with Crippen LogP contribution in [0.15, 0.2) is 30.5 Å². The Morgan fingerprint density at radius 1 is 1.32 bits per heavy atom. The van der Waals surface area contributed by atoms with Gasteiger partial charge < -0.3 is 10.4 Å². The second-order valence-electron chi connectivity index (χ2n) is 5.54. The first-order valence-electron chi connectivity index (χ1n) is 6.62. The van der Waals surface area contributed by atoms with Gasteiger partial charge in [-0.05, 0) is 38.1 Å². The molecule has 2 rings (SSSR count). The van der Waals surface area contributed by atoms with Crippen LogP contribution in [0, 0.1) is 11.2 Å². The fourth-order valence-corrected chi connectivity index (χ4v) is 1.77. The van der Waals surface area contributed by atoms with Crippen LogP contribution < -0.4 is 5.32 Å². The number of carboxylic acids is 1. The van der Waals surface area contributed by atoms with Crippen LogP contribution in [0.4, 0.5) is 4.39 Å². The number of halogens is 1. The quantitative estimate of drug-likeness (QED) is 0.788. The van der Waals surface area contributed by atoms with Crippen LogP contribution in [0.1, 0.15) is 24.2 Å². The maximum atomic E-state index is 13.0. The summed E-state index contributed by atoms with van der Waals surface area (Å²) >= 11 is 0. The molecule has 0 saturated carbocycles. The standard InChI is InChI=1S/C15H16FN3O3/c1-15(2,14(21)22)8-17-13(20)11-7-18-19-12(11)9-3-5-10(16)6-4-9/h3-7H,8H2,1-2H3,(H,17,20)(H,18,19)(H,21,22). The first kappa shape index (κ1) is 15.7. The van der Waals surface area contributed by atoms with E-state index >= 15 is 0 Å². The van der Waals surface area contributed by atoms with Crippen molar-refractivity contribution in [3.63, 3.8) is 0 Å². The number of H-pyrrole nitrogens is 1. The number of hydrogen-bond donors (Lipinski definition) is 3. The monoisotopic (exact) mass is 305 g/mol. The van der Waals surface area contributed by atoms with Crippen LogP contribution in [0.5, 0.6) is 0 Å². The molecule has 22 heavy (non-hydrogen) atoms. The van der Waals surface area contributed by atoms with Crippen molar-refractivity contribution in [2.24, 2.45) is 5.41 Å². The van der Waals surface area contributed by atoms with Gasteiger partial charge in [0.25, 0.3) is 5.91 Å². The van der Waals surface area contributed by atoms with E-state index in [2.05, 4.69) is 15.5 Å². The number of carboxylic acid groups (broad SMARTS) is 1. The Labute approximate surface area is 126 Å². The van der Waals surface area contributed by atoms with Crippen molar-refractivity contribution in [2.45, 2.75) is 13.8 Å². The lowest BCUT2D eigenvalue weighted by Gasteiger charge is -2.19. The van der Waals surface area contributed by atoms with E-state index in [-0.39, 0.29) is 17.9 Å². The van der Waals surface area contributed by atoms with E-state index in [1.54, 1.807) is 0 Å². The van der Waals surface area contributed by atoms with Crippen molar-refractivity contribution >= 4 is 11.9 Å². The molecule has 0 aliphatic heterocycles. The Hall–Kier alpha value is -2.70. The molecule has 116 valence electrons. The summed E-state index contributed by atoms with van der Waals surface area (Å²) in [6.45, 7) is 3.02. The molecule has 0 aliphatic carbocycles. The first-order chi connectivity index (χ1) is 10.3. The Morgan fingerprint density at radius 2 is 1.95 bits per heavy atom. The molecule has 1 aromatic carbocycles. The number of benzene rings is 1. The molecule has 0 atom stereocenters. The van der Waals surface area contributed by atoms with Crippen molar-refractivity contribution in [1.29, 1.82) is 0 Å². The number of aromatic amines is 1. The summed E-state index contributed by atoms with van der Waals surface area (Å²) in [5.74, 6) is -1.82. The topological polar surface area (TPSA) is 95.1 Å². The van der Waals surface area contributed by atoms with Gasteiger partial charge in [0.2, 0.25) is 0 Å². The maximum absolute atomic E-state index is 13.0. The third-order valence-electron chi connectivity index (χ3n) is 3.29. The lowest BCUT2D eigenvalue weighted by atomic mass is 9.94. The van der Waals surface area contributed by atoms with E-state index in [0.717, 1.165) is 0 Å².